The van der Waals surface area contributed by atoms with Gasteiger partial charge in [-0.2, -0.15) is 0 Å². The molecule has 0 saturated carbocycles. The zero-order valence-corrected chi connectivity index (χ0v) is 22.7. The minimum atomic E-state index is -0.732. The quantitative estimate of drug-likeness (QED) is 0.198. The van der Waals surface area contributed by atoms with Crippen LogP contribution in [-0.4, -0.2) is 11.2 Å². The van der Waals surface area contributed by atoms with Crippen molar-refractivity contribution in [2.24, 2.45) is 0 Å². The number of fused-ring (bicyclic) bond motifs is 1. The highest BCUT2D eigenvalue weighted by atomic mass is 16.5. The summed E-state index contributed by atoms with van der Waals surface area (Å²) in [6, 6.07) is 41.6. The first-order valence-electron chi connectivity index (χ1n) is 13.8. The van der Waals surface area contributed by atoms with E-state index >= 15 is 0 Å². The Labute approximate surface area is 240 Å². The number of ether oxygens (including phenoxy) is 4. The molecular formula is C36H32O5. The number of benzene rings is 5. The van der Waals surface area contributed by atoms with Gasteiger partial charge in [-0.05, 0) is 40.5 Å². The number of hydrogen-bond acceptors (Lipinski definition) is 5. The molecule has 1 N–H and O–H groups in total. The van der Waals surface area contributed by atoms with Gasteiger partial charge in [-0.1, -0.05) is 109 Å². The summed E-state index contributed by atoms with van der Waals surface area (Å²) in [4.78, 5) is 0. The van der Waals surface area contributed by atoms with Crippen LogP contribution in [-0.2, 0) is 26.2 Å². The third-order valence-corrected chi connectivity index (χ3v) is 7.08. The number of rotatable bonds is 10. The third kappa shape index (κ3) is 6.53. The molecule has 0 saturated heterocycles. The lowest BCUT2D eigenvalue weighted by Crippen LogP contribution is -2.30. The zero-order valence-electron chi connectivity index (χ0n) is 22.7. The van der Waals surface area contributed by atoms with Crippen LogP contribution in [0.3, 0.4) is 0 Å². The molecule has 1 aliphatic rings. The van der Waals surface area contributed by atoms with E-state index in [4.69, 9.17) is 18.9 Å². The van der Waals surface area contributed by atoms with Gasteiger partial charge in [-0.3, -0.25) is 0 Å². The fourth-order valence-electron chi connectivity index (χ4n) is 4.94. The number of para-hydroxylation sites is 1. The van der Waals surface area contributed by atoms with Gasteiger partial charge in [0.1, 0.15) is 25.6 Å². The average molecular weight is 545 g/mol. The van der Waals surface area contributed by atoms with Crippen LogP contribution < -0.4 is 18.9 Å². The second-order valence-electron chi connectivity index (χ2n) is 10.1. The fraction of sp³-hybridized carbons (Fsp3) is 0.167. The Morgan fingerprint density at radius 1 is 0.585 bits per heavy atom. The van der Waals surface area contributed by atoms with Crippen molar-refractivity contribution in [2.45, 2.75) is 38.4 Å². The molecule has 2 atom stereocenters. The highest BCUT2D eigenvalue weighted by Gasteiger charge is 2.32. The van der Waals surface area contributed by atoms with Crippen LogP contribution in [0.15, 0.2) is 127 Å². The molecule has 6 rings (SSSR count). The van der Waals surface area contributed by atoms with Crippen molar-refractivity contribution in [3.05, 3.63) is 155 Å². The van der Waals surface area contributed by atoms with Gasteiger partial charge in [0, 0.05) is 12.0 Å². The first-order valence-corrected chi connectivity index (χ1v) is 13.8. The largest absolute Gasteiger partial charge is 0.485 e. The number of hydrogen-bond donors (Lipinski definition) is 1. The van der Waals surface area contributed by atoms with E-state index in [0.29, 0.717) is 43.5 Å². The summed E-state index contributed by atoms with van der Waals surface area (Å²) in [5.74, 6) is 2.33. The molecule has 0 fully saturated rings. The normalized spacial score (nSPS) is 15.8. The topological polar surface area (TPSA) is 57.2 Å². The molecule has 5 nitrogen and oxygen atoms in total. The lowest BCUT2D eigenvalue weighted by molar-refractivity contribution is 0.0205. The highest BCUT2D eigenvalue weighted by molar-refractivity contribution is 5.55. The molecule has 0 spiro atoms. The van der Waals surface area contributed by atoms with Gasteiger partial charge >= 0.3 is 0 Å². The lowest BCUT2D eigenvalue weighted by Gasteiger charge is -2.31. The summed E-state index contributed by atoms with van der Waals surface area (Å²) in [6.45, 7) is 1.04. The maximum absolute atomic E-state index is 11.2. The van der Waals surface area contributed by atoms with Crippen LogP contribution in [0.2, 0.25) is 0 Å². The first kappa shape index (κ1) is 26.5. The lowest BCUT2D eigenvalue weighted by atomic mass is 9.94. The standard InChI is InChI=1S/C36H32O5/c37-31-20-29-18-10-11-19-32(29)41-35(31)30-21-33(38-23-26-12-4-1-5-13-26)36(40-25-28-16-8-3-9-17-28)34(22-30)39-24-27-14-6-2-7-15-27/h1-19,21-22,31,35,37H,20,23-25H2/t31-,35-/m1/s1. The van der Waals surface area contributed by atoms with E-state index in [-0.39, 0.29) is 0 Å². The van der Waals surface area contributed by atoms with Crippen molar-refractivity contribution in [2.75, 3.05) is 0 Å². The molecule has 0 radical (unpaired) electrons. The Morgan fingerprint density at radius 2 is 1.05 bits per heavy atom. The van der Waals surface area contributed by atoms with E-state index in [1.54, 1.807) is 0 Å². The molecule has 206 valence electrons. The molecule has 41 heavy (non-hydrogen) atoms. The van der Waals surface area contributed by atoms with E-state index < -0.39 is 12.2 Å². The number of aliphatic hydroxyl groups is 1. The minimum Gasteiger partial charge on any atom is -0.485 e. The Morgan fingerprint density at radius 3 is 1.59 bits per heavy atom. The van der Waals surface area contributed by atoms with E-state index in [2.05, 4.69) is 0 Å². The van der Waals surface area contributed by atoms with Crippen LogP contribution in [0, 0.1) is 0 Å². The Balaban J connectivity index is 1.38. The highest BCUT2D eigenvalue weighted by Crippen LogP contribution is 2.44. The Bertz CT molecular complexity index is 1490. The second-order valence-corrected chi connectivity index (χ2v) is 10.1. The summed E-state index contributed by atoms with van der Waals surface area (Å²) in [5.41, 5.74) is 4.83. The van der Waals surface area contributed by atoms with Crippen molar-refractivity contribution in [1.82, 2.24) is 0 Å². The smallest absolute Gasteiger partial charge is 0.203 e. The number of aliphatic hydroxyl groups excluding tert-OH is 1. The van der Waals surface area contributed by atoms with Crippen LogP contribution >= 0.6 is 0 Å². The molecule has 0 unspecified atom stereocenters. The van der Waals surface area contributed by atoms with Crippen molar-refractivity contribution in [3.63, 3.8) is 0 Å². The Kier molecular flexibility index (Phi) is 8.15. The molecule has 5 aromatic rings. The average Bonchev–Trinajstić information content (AvgIpc) is 3.03. The van der Waals surface area contributed by atoms with E-state index in [9.17, 15) is 5.11 Å². The maximum atomic E-state index is 11.2. The molecular weight excluding hydrogens is 512 g/mol. The molecule has 0 aliphatic carbocycles. The monoisotopic (exact) mass is 544 g/mol. The van der Waals surface area contributed by atoms with Crippen molar-refractivity contribution < 1.29 is 24.1 Å². The van der Waals surface area contributed by atoms with Gasteiger partial charge in [-0.25, -0.2) is 0 Å². The van der Waals surface area contributed by atoms with Gasteiger partial charge in [0.05, 0.1) is 6.10 Å². The predicted molar refractivity (Wildman–Crippen MR) is 158 cm³/mol. The molecule has 5 aromatic carbocycles. The third-order valence-electron chi connectivity index (χ3n) is 7.08. The van der Waals surface area contributed by atoms with Gasteiger partial charge in [0.25, 0.3) is 0 Å². The maximum Gasteiger partial charge on any atom is 0.203 e. The van der Waals surface area contributed by atoms with E-state index in [0.717, 1.165) is 33.6 Å². The molecule has 0 bridgehead atoms. The first-order chi connectivity index (χ1) is 20.2. The summed E-state index contributed by atoms with van der Waals surface area (Å²) in [6.07, 6.45) is -0.829. The summed E-state index contributed by atoms with van der Waals surface area (Å²) < 4.78 is 25.5. The summed E-state index contributed by atoms with van der Waals surface area (Å²) in [5, 5.41) is 11.2. The van der Waals surface area contributed by atoms with Crippen molar-refractivity contribution >= 4 is 0 Å². The molecule has 1 aliphatic heterocycles. The van der Waals surface area contributed by atoms with Crippen molar-refractivity contribution in [1.29, 1.82) is 0 Å². The molecule has 0 aromatic heterocycles. The van der Waals surface area contributed by atoms with E-state index in [1.165, 1.54) is 0 Å². The second kappa shape index (κ2) is 12.6. The van der Waals surface area contributed by atoms with Gasteiger partial charge in [0.15, 0.2) is 17.6 Å². The van der Waals surface area contributed by atoms with Gasteiger partial charge < -0.3 is 24.1 Å². The van der Waals surface area contributed by atoms with Gasteiger partial charge in [-0.15, -0.1) is 0 Å². The molecule has 0 amide bonds. The zero-order chi connectivity index (χ0) is 27.9. The van der Waals surface area contributed by atoms with Crippen molar-refractivity contribution in [3.8, 4) is 23.0 Å². The van der Waals surface area contributed by atoms with Crippen LogP contribution in [0.25, 0.3) is 0 Å². The molecule has 1 heterocycles. The summed E-state index contributed by atoms with van der Waals surface area (Å²) >= 11 is 0. The fourth-order valence-corrected chi connectivity index (χ4v) is 4.94. The summed E-state index contributed by atoms with van der Waals surface area (Å²) in [7, 11) is 0. The van der Waals surface area contributed by atoms with E-state index in [1.807, 2.05) is 127 Å². The Hall–Kier alpha value is -4.74. The van der Waals surface area contributed by atoms with Crippen LogP contribution in [0.5, 0.6) is 23.0 Å². The SMILES string of the molecule is O[C@@H]1Cc2ccccc2O[C@@H]1c1cc(OCc2ccccc2)c(OCc2ccccc2)c(OCc2ccccc2)c1. The molecule has 5 heteroatoms. The van der Waals surface area contributed by atoms with Crippen LogP contribution in [0.4, 0.5) is 0 Å². The minimum absolute atomic E-state index is 0.347. The van der Waals surface area contributed by atoms with Crippen LogP contribution in [0.1, 0.15) is 33.9 Å². The van der Waals surface area contributed by atoms with Gasteiger partial charge in [0.2, 0.25) is 5.75 Å². The predicted octanol–water partition coefficient (Wildman–Crippen LogP) is 7.46.